The van der Waals surface area contributed by atoms with E-state index in [-0.39, 0.29) is 5.91 Å². The molecule has 2 aromatic carbocycles. The molecule has 0 aliphatic carbocycles. The molecule has 104 valence electrons. The van der Waals surface area contributed by atoms with Crippen LogP contribution < -0.4 is 10.6 Å². The molecule has 0 bridgehead atoms. The number of rotatable bonds is 3. The van der Waals surface area contributed by atoms with Crippen LogP contribution in [0, 0.1) is 0 Å². The van der Waals surface area contributed by atoms with Gasteiger partial charge in [-0.15, -0.1) is 0 Å². The van der Waals surface area contributed by atoms with Crippen LogP contribution in [0.4, 0.5) is 11.4 Å². The van der Waals surface area contributed by atoms with Crippen LogP contribution >= 0.6 is 0 Å². The standard InChI is InChI=1S/C17H14N2O2/c1-11(12-6-2-4-8-14(12)18-10-20)16-13-7-3-5-9-15(13)19-17(16)21/h2-10H,1H3,(H,18,20)(H,19,21)/b16-11-. The van der Waals surface area contributed by atoms with E-state index in [2.05, 4.69) is 10.6 Å². The quantitative estimate of drug-likeness (QED) is 0.669. The average molecular weight is 278 g/mol. The van der Waals surface area contributed by atoms with E-state index in [4.69, 9.17) is 0 Å². The number of nitrogens with one attached hydrogen (secondary N) is 2. The van der Waals surface area contributed by atoms with E-state index in [1.54, 1.807) is 0 Å². The number of para-hydroxylation sites is 2. The van der Waals surface area contributed by atoms with E-state index in [9.17, 15) is 9.59 Å². The first-order chi connectivity index (χ1) is 10.2. The number of amides is 2. The van der Waals surface area contributed by atoms with Crippen molar-refractivity contribution >= 4 is 34.8 Å². The van der Waals surface area contributed by atoms with Gasteiger partial charge in [0, 0.05) is 22.5 Å². The van der Waals surface area contributed by atoms with Crippen LogP contribution in [0.15, 0.2) is 48.5 Å². The second kappa shape index (κ2) is 5.25. The molecule has 3 rings (SSSR count). The molecule has 2 amide bonds. The van der Waals surface area contributed by atoms with E-state index in [0.717, 1.165) is 22.4 Å². The van der Waals surface area contributed by atoms with Crippen molar-refractivity contribution in [2.75, 3.05) is 10.6 Å². The zero-order valence-electron chi connectivity index (χ0n) is 11.5. The van der Waals surface area contributed by atoms with Gasteiger partial charge in [0.25, 0.3) is 5.91 Å². The Morgan fingerprint density at radius 2 is 1.81 bits per heavy atom. The Hall–Kier alpha value is -2.88. The summed E-state index contributed by atoms with van der Waals surface area (Å²) in [5, 5.41) is 5.54. The van der Waals surface area contributed by atoms with Gasteiger partial charge in [-0.3, -0.25) is 9.59 Å². The molecule has 0 radical (unpaired) electrons. The van der Waals surface area contributed by atoms with Crippen molar-refractivity contribution in [2.24, 2.45) is 0 Å². The Kier molecular flexibility index (Phi) is 3.28. The number of anilines is 2. The van der Waals surface area contributed by atoms with E-state index in [1.165, 1.54) is 0 Å². The summed E-state index contributed by atoms with van der Waals surface area (Å²) < 4.78 is 0. The van der Waals surface area contributed by atoms with Crippen LogP contribution in [-0.2, 0) is 9.59 Å². The van der Waals surface area contributed by atoms with E-state index >= 15 is 0 Å². The minimum Gasteiger partial charge on any atom is -0.328 e. The highest BCUT2D eigenvalue weighted by Gasteiger charge is 2.26. The zero-order chi connectivity index (χ0) is 14.8. The molecule has 0 aromatic heterocycles. The summed E-state index contributed by atoms with van der Waals surface area (Å²) >= 11 is 0. The Bertz CT molecular complexity index is 763. The molecular weight excluding hydrogens is 264 g/mol. The number of carbonyl (C=O) groups excluding carboxylic acids is 2. The van der Waals surface area contributed by atoms with Crippen molar-refractivity contribution in [3.05, 3.63) is 59.7 Å². The van der Waals surface area contributed by atoms with Gasteiger partial charge in [0.1, 0.15) is 0 Å². The van der Waals surface area contributed by atoms with Crippen LogP contribution in [-0.4, -0.2) is 12.3 Å². The fraction of sp³-hybridized carbons (Fsp3) is 0.0588. The SMILES string of the molecule is C/C(=C1/C(=O)Nc2ccccc21)c1ccccc1NC=O. The highest BCUT2D eigenvalue weighted by molar-refractivity contribution is 6.36. The summed E-state index contributed by atoms with van der Waals surface area (Å²) in [5.41, 5.74) is 4.72. The fourth-order valence-corrected chi connectivity index (χ4v) is 2.62. The second-order valence-electron chi connectivity index (χ2n) is 4.81. The van der Waals surface area contributed by atoms with Crippen LogP contribution in [0.25, 0.3) is 11.1 Å². The molecule has 4 heteroatoms. The number of benzene rings is 2. The number of fused-ring (bicyclic) bond motifs is 1. The highest BCUT2D eigenvalue weighted by Crippen LogP contribution is 2.38. The summed E-state index contributed by atoms with van der Waals surface area (Å²) in [6.45, 7) is 1.89. The van der Waals surface area contributed by atoms with Crippen molar-refractivity contribution in [1.82, 2.24) is 0 Å². The third-order valence-electron chi connectivity index (χ3n) is 3.59. The lowest BCUT2D eigenvalue weighted by atomic mass is 9.95. The zero-order valence-corrected chi connectivity index (χ0v) is 11.5. The lowest BCUT2D eigenvalue weighted by Gasteiger charge is -2.11. The summed E-state index contributed by atoms with van der Waals surface area (Å²) in [7, 11) is 0. The van der Waals surface area contributed by atoms with Gasteiger partial charge in [0.15, 0.2) is 0 Å². The molecule has 4 nitrogen and oxygen atoms in total. The largest absolute Gasteiger partial charge is 0.328 e. The summed E-state index contributed by atoms with van der Waals surface area (Å²) in [4.78, 5) is 23.0. The van der Waals surface area contributed by atoms with Crippen molar-refractivity contribution in [3.63, 3.8) is 0 Å². The van der Waals surface area contributed by atoms with E-state index in [1.807, 2.05) is 55.5 Å². The monoisotopic (exact) mass is 278 g/mol. The molecule has 1 heterocycles. The Morgan fingerprint density at radius 3 is 2.62 bits per heavy atom. The predicted octanol–water partition coefficient (Wildman–Crippen LogP) is 3.14. The van der Waals surface area contributed by atoms with Crippen molar-refractivity contribution in [2.45, 2.75) is 6.92 Å². The lowest BCUT2D eigenvalue weighted by Crippen LogP contribution is -2.06. The molecule has 0 unspecified atom stereocenters. The van der Waals surface area contributed by atoms with Gasteiger partial charge in [-0.25, -0.2) is 0 Å². The first-order valence-electron chi connectivity index (χ1n) is 6.63. The molecule has 1 aliphatic rings. The molecule has 2 aromatic rings. The molecule has 0 saturated carbocycles. The maximum atomic E-state index is 12.3. The number of carbonyl (C=O) groups is 2. The van der Waals surface area contributed by atoms with Gasteiger partial charge in [0.05, 0.1) is 5.57 Å². The molecule has 21 heavy (non-hydrogen) atoms. The molecular formula is C17H14N2O2. The second-order valence-corrected chi connectivity index (χ2v) is 4.81. The van der Waals surface area contributed by atoms with Crippen LogP contribution in [0.1, 0.15) is 18.1 Å². The number of allylic oxidation sites excluding steroid dienone is 1. The minimum atomic E-state index is -0.116. The van der Waals surface area contributed by atoms with Crippen molar-refractivity contribution < 1.29 is 9.59 Å². The van der Waals surface area contributed by atoms with Crippen molar-refractivity contribution in [3.8, 4) is 0 Å². The maximum absolute atomic E-state index is 12.3. The average Bonchev–Trinajstić information content (AvgIpc) is 2.83. The van der Waals surface area contributed by atoms with Crippen LogP contribution in [0.2, 0.25) is 0 Å². The molecule has 2 N–H and O–H groups in total. The number of hydrogen-bond donors (Lipinski definition) is 2. The Labute approximate surface area is 122 Å². The van der Waals surface area contributed by atoms with E-state index in [0.29, 0.717) is 17.7 Å². The van der Waals surface area contributed by atoms with Gasteiger partial charge >= 0.3 is 0 Å². The van der Waals surface area contributed by atoms with Gasteiger partial charge in [-0.2, -0.15) is 0 Å². The Balaban J connectivity index is 2.19. The maximum Gasteiger partial charge on any atom is 0.256 e. The third-order valence-corrected chi connectivity index (χ3v) is 3.59. The first-order valence-corrected chi connectivity index (χ1v) is 6.63. The minimum absolute atomic E-state index is 0.116. The van der Waals surface area contributed by atoms with Crippen LogP contribution in [0.3, 0.4) is 0 Å². The molecule has 1 aliphatic heterocycles. The smallest absolute Gasteiger partial charge is 0.256 e. The summed E-state index contributed by atoms with van der Waals surface area (Å²) in [6.07, 6.45) is 0.638. The topological polar surface area (TPSA) is 58.2 Å². The summed E-state index contributed by atoms with van der Waals surface area (Å²) in [6, 6.07) is 15.0. The van der Waals surface area contributed by atoms with Gasteiger partial charge in [-0.1, -0.05) is 36.4 Å². The van der Waals surface area contributed by atoms with Crippen molar-refractivity contribution in [1.29, 1.82) is 0 Å². The summed E-state index contributed by atoms with van der Waals surface area (Å²) in [5.74, 6) is -0.116. The fourth-order valence-electron chi connectivity index (χ4n) is 2.62. The van der Waals surface area contributed by atoms with Gasteiger partial charge in [-0.05, 0) is 24.6 Å². The molecule has 0 saturated heterocycles. The van der Waals surface area contributed by atoms with Crippen LogP contribution in [0.5, 0.6) is 0 Å². The molecule has 0 spiro atoms. The molecule has 0 fully saturated rings. The van der Waals surface area contributed by atoms with E-state index < -0.39 is 0 Å². The third kappa shape index (κ3) is 2.21. The van der Waals surface area contributed by atoms with Gasteiger partial charge in [0.2, 0.25) is 6.41 Å². The number of hydrogen-bond acceptors (Lipinski definition) is 2. The normalized spacial score (nSPS) is 15.2. The predicted molar refractivity (Wildman–Crippen MR) is 83.7 cm³/mol. The first kappa shape index (κ1) is 13.1. The highest BCUT2D eigenvalue weighted by atomic mass is 16.2. The molecule has 0 atom stereocenters. The van der Waals surface area contributed by atoms with Gasteiger partial charge < -0.3 is 10.6 Å². The lowest BCUT2D eigenvalue weighted by molar-refractivity contribution is -0.110. The Morgan fingerprint density at radius 1 is 1.10 bits per heavy atom.